The molecule has 1 atom stereocenters. The molecule has 1 unspecified atom stereocenters. The zero-order valence-electron chi connectivity index (χ0n) is 12.1. The van der Waals surface area contributed by atoms with Gasteiger partial charge in [0.2, 0.25) is 0 Å². The fourth-order valence-electron chi connectivity index (χ4n) is 2.55. The topological polar surface area (TPSA) is 49.6 Å². The normalized spacial score (nSPS) is 18.1. The number of anilines is 1. The van der Waals surface area contributed by atoms with Crippen molar-refractivity contribution in [2.24, 2.45) is 0 Å². The van der Waals surface area contributed by atoms with Gasteiger partial charge in [-0.2, -0.15) is 0 Å². The molecule has 1 saturated heterocycles. The first-order valence-electron chi connectivity index (χ1n) is 7.12. The molecule has 0 spiro atoms. The van der Waals surface area contributed by atoms with Crippen LogP contribution in [0, 0.1) is 0 Å². The van der Waals surface area contributed by atoms with Crippen LogP contribution in [0.5, 0.6) is 0 Å². The van der Waals surface area contributed by atoms with Crippen LogP contribution >= 0.6 is 11.6 Å². The fraction of sp³-hybridized carbons (Fsp3) is 0.533. The van der Waals surface area contributed by atoms with E-state index in [2.05, 4.69) is 18.7 Å². The molecule has 110 valence electrons. The molecule has 20 heavy (non-hydrogen) atoms. The Bertz CT molecular complexity index is 464. The number of nitrogens with zero attached hydrogens (tertiary/aromatic N) is 2. The van der Waals surface area contributed by atoms with Crippen molar-refractivity contribution in [2.75, 3.05) is 31.9 Å². The quantitative estimate of drug-likeness (QED) is 0.872. The van der Waals surface area contributed by atoms with E-state index in [4.69, 9.17) is 17.3 Å². The molecular formula is C15H22ClN3O. The van der Waals surface area contributed by atoms with Crippen LogP contribution in [0.25, 0.3) is 0 Å². The minimum atomic E-state index is -0.0584. The third kappa shape index (κ3) is 3.07. The lowest BCUT2D eigenvalue weighted by molar-refractivity contribution is 0.0581. The summed E-state index contributed by atoms with van der Waals surface area (Å²) in [5.74, 6) is -0.0584. The molecular weight excluding hydrogens is 274 g/mol. The van der Waals surface area contributed by atoms with E-state index in [1.54, 1.807) is 18.2 Å². The predicted molar refractivity (Wildman–Crippen MR) is 83.1 cm³/mol. The molecule has 5 heteroatoms. The van der Waals surface area contributed by atoms with Gasteiger partial charge in [0.05, 0.1) is 10.6 Å². The summed E-state index contributed by atoms with van der Waals surface area (Å²) in [5, 5.41) is 0.430. The summed E-state index contributed by atoms with van der Waals surface area (Å²) in [6, 6.07) is 5.75. The SMILES string of the molecule is CCC(C)N1CCN(C(=O)c2c(N)cccc2Cl)CC1. The van der Waals surface area contributed by atoms with Crippen LogP contribution in [0.3, 0.4) is 0 Å². The van der Waals surface area contributed by atoms with Gasteiger partial charge in [-0.15, -0.1) is 0 Å². The van der Waals surface area contributed by atoms with Crippen molar-refractivity contribution < 1.29 is 4.79 Å². The summed E-state index contributed by atoms with van der Waals surface area (Å²) in [4.78, 5) is 16.8. The minimum absolute atomic E-state index is 0.0584. The van der Waals surface area contributed by atoms with E-state index in [1.165, 1.54) is 0 Å². The third-order valence-corrected chi connectivity index (χ3v) is 4.39. The first kappa shape index (κ1) is 15.1. The van der Waals surface area contributed by atoms with Crippen molar-refractivity contribution >= 4 is 23.2 Å². The van der Waals surface area contributed by atoms with Gasteiger partial charge >= 0.3 is 0 Å². The molecule has 1 aliphatic heterocycles. The van der Waals surface area contributed by atoms with Gasteiger partial charge in [0.25, 0.3) is 5.91 Å². The van der Waals surface area contributed by atoms with Gasteiger partial charge in [0.1, 0.15) is 0 Å². The number of halogens is 1. The molecule has 0 bridgehead atoms. The first-order valence-corrected chi connectivity index (χ1v) is 7.49. The Labute approximate surface area is 125 Å². The number of benzene rings is 1. The van der Waals surface area contributed by atoms with Crippen molar-refractivity contribution in [2.45, 2.75) is 26.3 Å². The standard InChI is InChI=1S/C15H22ClN3O/c1-3-11(2)18-7-9-19(10-8-18)15(20)14-12(16)5-4-6-13(14)17/h4-6,11H,3,7-10,17H2,1-2H3. The van der Waals surface area contributed by atoms with Gasteiger partial charge in [-0.3, -0.25) is 9.69 Å². The number of amides is 1. The van der Waals surface area contributed by atoms with E-state index in [9.17, 15) is 4.79 Å². The zero-order valence-corrected chi connectivity index (χ0v) is 12.9. The molecule has 0 aliphatic carbocycles. The molecule has 4 nitrogen and oxygen atoms in total. The zero-order chi connectivity index (χ0) is 14.7. The van der Waals surface area contributed by atoms with Gasteiger partial charge < -0.3 is 10.6 Å². The van der Waals surface area contributed by atoms with Gasteiger partial charge in [-0.25, -0.2) is 0 Å². The Morgan fingerprint density at radius 3 is 2.55 bits per heavy atom. The number of rotatable bonds is 3. The number of nitrogens with two attached hydrogens (primary N) is 1. The van der Waals surface area contributed by atoms with E-state index < -0.39 is 0 Å². The van der Waals surface area contributed by atoms with Crippen LogP contribution < -0.4 is 5.73 Å². The van der Waals surface area contributed by atoms with E-state index >= 15 is 0 Å². The highest BCUT2D eigenvalue weighted by atomic mass is 35.5. The fourth-order valence-corrected chi connectivity index (χ4v) is 2.81. The molecule has 2 rings (SSSR count). The van der Waals surface area contributed by atoms with E-state index in [1.807, 2.05) is 4.90 Å². The average Bonchev–Trinajstić information content (AvgIpc) is 2.46. The highest BCUT2D eigenvalue weighted by molar-refractivity contribution is 6.34. The van der Waals surface area contributed by atoms with E-state index in [-0.39, 0.29) is 5.91 Å². The number of piperazine rings is 1. The van der Waals surface area contributed by atoms with Gasteiger partial charge in [0, 0.05) is 37.9 Å². The third-order valence-electron chi connectivity index (χ3n) is 4.08. The Balaban J connectivity index is 2.05. The van der Waals surface area contributed by atoms with Crippen molar-refractivity contribution in [1.29, 1.82) is 0 Å². The Hall–Kier alpha value is -1.26. The number of nitrogen functional groups attached to an aromatic ring is 1. The number of carbonyl (C=O) groups excluding carboxylic acids is 1. The second-order valence-electron chi connectivity index (χ2n) is 5.29. The van der Waals surface area contributed by atoms with Crippen LogP contribution in [-0.4, -0.2) is 47.9 Å². The minimum Gasteiger partial charge on any atom is -0.398 e. The van der Waals surface area contributed by atoms with Crippen LogP contribution in [0.2, 0.25) is 5.02 Å². The van der Waals surface area contributed by atoms with Crippen LogP contribution in [0.15, 0.2) is 18.2 Å². The largest absolute Gasteiger partial charge is 0.398 e. The molecule has 1 fully saturated rings. The molecule has 0 radical (unpaired) electrons. The molecule has 1 aliphatic rings. The summed E-state index contributed by atoms with van der Waals surface area (Å²) in [6.07, 6.45) is 1.13. The number of hydrogen-bond donors (Lipinski definition) is 1. The predicted octanol–water partition coefficient (Wildman–Crippen LogP) is 2.48. The molecule has 2 N–H and O–H groups in total. The van der Waals surface area contributed by atoms with Gasteiger partial charge in [0.15, 0.2) is 0 Å². The average molecular weight is 296 g/mol. The van der Waals surface area contributed by atoms with Crippen molar-refractivity contribution in [3.63, 3.8) is 0 Å². The lowest BCUT2D eigenvalue weighted by Gasteiger charge is -2.38. The van der Waals surface area contributed by atoms with Crippen molar-refractivity contribution in [3.05, 3.63) is 28.8 Å². The van der Waals surface area contributed by atoms with E-state index in [0.717, 1.165) is 32.6 Å². The summed E-state index contributed by atoms with van der Waals surface area (Å²) in [6.45, 7) is 7.69. The lowest BCUT2D eigenvalue weighted by atomic mass is 10.1. The van der Waals surface area contributed by atoms with Crippen LogP contribution in [0.4, 0.5) is 5.69 Å². The number of hydrogen-bond acceptors (Lipinski definition) is 3. The lowest BCUT2D eigenvalue weighted by Crippen LogP contribution is -2.51. The molecule has 0 aromatic heterocycles. The molecule has 1 heterocycles. The second-order valence-corrected chi connectivity index (χ2v) is 5.70. The summed E-state index contributed by atoms with van der Waals surface area (Å²) >= 11 is 6.11. The number of carbonyl (C=O) groups is 1. The summed E-state index contributed by atoms with van der Waals surface area (Å²) in [5.41, 5.74) is 6.77. The first-order chi connectivity index (χ1) is 9.54. The monoisotopic (exact) mass is 295 g/mol. The van der Waals surface area contributed by atoms with Gasteiger partial charge in [-0.05, 0) is 25.5 Å². The summed E-state index contributed by atoms with van der Waals surface area (Å²) in [7, 11) is 0. The smallest absolute Gasteiger partial charge is 0.257 e. The Kier molecular flexibility index (Phi) is 4.89. The van der Waals surface area contributed by atoms with E-state index in [0.29, 0.717) is 22.3 Å². The Morgan fingerprint density at radius 2 is 2.00 bits per heavy atom. The van der Waals surface area contributed by atoms with Crippen molar-refractivity contribution in [1.82, 2.24) is 9.80 Å². The maximum absolute atomic E-state index is 12.5. The molecule has 0 saturated carbocycles. The second kappa shape index (κ2) is 6.46. The summed E-state index contributed by atoms with van der Waals surface area (Å²) < 4.78 is 0. The van der Waals surface area contributed by atoms with Crippen LogP contribution in [0.1, 0.15) is 30.6 Å². The maximum atomic E-state index is 12.5. The highest BCUT2D eigenvalue weighted by Gasteiger charge is 2.26. The van der Waals surface area contributed by atoms with Gasteiger partial charge in [-0.1, -0.05) is 24.6 Å². The highest BCUT2D eigenvalue weighted by Crippen LogP contribution is 2.24. The maximum Gasteiger partial charge on any atom is 0.257 e. The molecule has 1 aromatic rings. The Morgan fingerprint density at radius 1 is 1.35 bits per heavy atom. The molecule has 1 aromatic carbocycles. The molecule has 1 amide bonds. The van der Waals surface area contributed by atoms with Crippen molar-refractivity contribution in [3.8, 4) is 0 Å². The van der Waals surface area contributed by atoms with Crippen LogP contribution in [-0.2, 0) is 0 Å².